The molecule has 0 aliphatic heterocycles. The molecule has 3 aromatic rings. The van der Waals surface area contributed by atoms with E-state index in [2.05, 4.69) is 100 Å². The zero-order valence-corrected chi connectivity index (χ0v) is 19.2. The monoisotopic (exact) mass is 468 g/mol. The molecule has 1 unspecified atom stereocenters. The number of benzene rings is 2. The highest BCUT2D eigenvalue weighted by Gasteiger charge is 2.19. The lowest BCUT2D eigenvalue weighted by Gasteiger charge is -2.22. The molecule has 1 aliphatic rings. The Bertz CT molecular complexity index is 1070. The fraction of sp³-hybridized carbons (Fsp3) is 0.280. The van der Waals surface area contributed by atoms with Crippen molar-refractivity contribution >= 4 is 44.1 Å². The molecule has 29 heavy (non-hydrogen) atoms. The average molecular weight is 470 g/mol. The first-order chi connectivity index (χ1) is 14.0. The molecule has 0 saturated carbocycles. The summed E-state index contributed by atoms with van der Waals surface area (Å²) in [6.07, 6.45) is 7.25. The highest BCUT2D eigenvalue weighted by Crippen LogP contribution is 2.36. The third-order valence-corrected chi connectivity index (χ3v) is 6.50. The third-order valence-electron chi connectivity index (χ3n) is 5.73. The van der Waals surface area contributed by atoms with Crippen LogP contribution in [0.25, 0.3) is 10.9 Å². The Morgan fingerprint density at radius 2 is 1.90 bits per heavy atom. The number of aromatic amines is 1. The smallest absolute Gasteiger partial charge is 0.0657 e. The van der Waals surface area contributed by atoms with Crippen LogP contribution in [-0.2, 0) is 13.0 Å². The van der Waals surface area contributed by atoms with Gasteiger partial charge in [0.15, 0.2) is 0 Å². The van der Waals surface area contributed by atoms with Gasteiger partial charge in [0, 0.05) is 39.7 Å². The van der Waals surface area contributed by atoms with Crippen LogP contribution >= 0.6 is 27.5 Å². The predicted octanol–water partition coefficient (Wildman–Crippen LogP) is 7.59. The number of nitrogens with zero attached hydrogens (tertiary/aromatic N) is 1. The molecule has 0 bridgehead atoms. The number of rotatable bonds is 6. The number of anilines is 1. The molecule has 0 spiro atoms. The number of halogens is 2. The number of hydrogen-bond donors (Lipinski definition) is 1. The van der Waals surface area contributed by atoms with Crippen LogP contribution in [0.3, 0.4) is 0 Å². The molecule has 1 aliphatic carbocycles. The Morgan fingerprint density at radius 3 is 2.66 bits per heavy atom. The molecule has 1 heterocycles. The topological polar surface area (TPSA) is 19.0 Å². The number of allylic oxidation sites excluding steroid dienone is 4. The molecular formula is C25H26BrClN2. The highest BCUT2D eigenvalue weighted by molar-refractivity contribution is 9.10. The van der Waals surface area contributed by atoms with Crippen molar-refractivity contribution < 1.29 is 0 Å². The summed E-state index contributed by atoms with van der Waals surface area (Å²) in [5.41, 5.74) is 6.57. The second-order valence-corrected chi connectivity index (χ2v) is 9.35. The molecule has 2 aromatic carbocycles. The van der Waals surface area contributed by atoms with Crippen LogP contribution in [0.15, 0.2) is 75.8 Å². The van der Waals surface area contributed by atoms with Gasteiger partial charge in [-0.3, -0.25) is 0 Å². The van der Waals surface area contributed by atoms with Gasteiger partial charge in [-0.2, -0.15) is 0 Å². The Hall–Kier alpha value is -1.97. The van der Waals surface area contributed by atoms with Gasteiger partial charge < -0.3 is 9.88 Å². The number of aryl methyl sites for hydroxylation is 1. The van der Waals surface area contributed by atoms with Crippen LogP contribution in [-0.4, -0.2) is 12.0 Å². The summed E-state index contributed by atoms with van der Waals surface area (Å²) in [4.78, 5) is 6.06. The Kier molecular flexibility index (Phi) is 6.17. The maximum absolute atomic E-state index is 6.21. The SMILES string of the molecule is CC1CC(Cl)=CC=C1CCc1[nH]c2cc(Br)ccc2c1N(C)Cc1ccccc1. The molecule has 2 nitrogen and oxygen atoms in total. The van der Waals surface area contributed by atoms with E-state index in [0.29, 0.717) is 5.92 Å². The van der Waals surface area contributed by atoms with Gasteiger partial charge in [0.2, 0.25) is 0 Å². The minimum Gasteiger partial charge on any atom is -0.368 e. The number of nitrogens with one attached hydrogen (secondary N) is 1. The summed E-state index contributed by atoms with van der Waals surface area (Å²) in [5.74, 6) is 0.511. The first-order valence-electron chi connectivity index (χ1n) is 10.1. The Morgan fingerprint density at radius 1 is 1.10 bits per heavy atom. The quantitative estimate of drug-likeness (QED) is 0.394. The van der Waals surface area contributed by atoms with Gasteiger partial charge in [-0.15, -0.1) is 0 Å². The predicted molar refractivity (Wildman–Crippen MR) is 129 cm³/mol. The van der Waals surface area contributed by atoms with Crippen LogP contribution in [0.5, 0.6) is 0 Å². The van der Waals surface area contributed by atoms with Crippen molar-refractivity contribution in [1.29, 1.82) is 0 Å². The van der Waals surface area contributed by atoms with Gasteiger partial charge >= 0.3 is 0 Å². The van der Waals surface area contributed by atoms with Crippen molar-refractivity contribution in [2.24, 2.45) is 5.92 Å². The maximum Gasteiger partial charge on any atom is 0.0657 e. The second kappa shape index (κ2) is 8.81. The van der Waals surface area contributed by atoms with E-state index in [1.54, 1.807) is 0 Å². The molecule has 0 saturated heterocycles. The van der Waals surface area contributed by atoms with Crippen LogP contribution < -0.4 is 4.90 Å². The first kappa shape index (κ1) is 20.3. The van der Waals surface area contributed by atoms with Gasteiger partial charge in [-0.05, 0) is 55.0 Å². The second-order valence-electron chi connectivity index (χ2n) is 7.94. The van der Waals surface area contributed by atoms with E-state index in [4.69, 9.17) is 11.6 Å². The maximum atomic E-state index is 6.21. The van der Waals surface area contributed by atoms with E-state index in [0.717, 1.165) is 35.3 Å². The van der Waals surface area contributed by atoms with Crippen molar-refractivity contribution in [3.05, 3.63) is 87.0 Å². The van der Waals surface area contributed by atoms with Crippen LogP contribution in [0.4, 0.5) is 5.69 Å². The van der Waals surface area contributed by atoms with Crippen molar-refractivity contribution in [2.75, 3.05) is 11.9 Å². The number of fused-ring (bicyclic) bond motifs is 1. The summed E-state index contributed by atoms with van der Waals surface area (Å²) < 4.78 is 1.10. The minimum absolute atomic E-state index is 0.511. The zero-order valence-electron chi connectivity index (χ0n) is 16.9. The molecule has 0 radical (unpaired) electrons. The summed E-state index contributed by atoms with van der Waals surface area (Å²) in [5, 5.41) is 2.23. The largest absolute Gasteiger partial charge is 0.368 e. The number of hydrogen-bond acceptors (Lipinski definition) is 1. The molecule has 1 N–H and O–H groups in total. The van der Waals surface area contributed by atoms with E-state index < -0.39 is 0 Å². The molecule has 1 aromatic heterocycles. The standard InChI is InChI=1S/C25H26BrClN2/c1-17-14-21(27)11-8-19(17)9-13-23-25(22-12-10-20(26)15-24(22)28-23)29(2)16-18-6-4-3-5-7-18/h3-8,10-12,15,17,28H,9,13-14,16H2,1-2H3. The minimum atomic E-state index is 0.511. The molecule has 0 fully saturated rings. The van der Waals surface area contributed by atoms with E-state index in [1.807, 2.05) is 0 Å². The summed E-state index contributed by atoms with van der Waals surface area (Å²) in [6, 6.07) is 17.2. The lowest BCUT2D eigenvalue weighted by atomic mass is 9.89. The van der Waals surface area contributed by atoms with E-state index in [9.17, 15) is 0 Å². The van der Waals surface area contributed by atoms with E-state index >= 15 is 0 Å². The first-order valence-corrected chi connectivity index (χ1v) is 11.3. The van der Waals surface area contributed by atoms with Crippen molar-refractivity contribution in [1.82, 2.24) is 4.98 Å². The fourth-order valence-electron chi connectivity index (χ4n) is 4.22. The van der Waals surface area contributed by atoms with Crippen LogP contribution in [0, 0.1) is 5.92 Å². The van der Waals surface area contributed by atoms with Gasteiger partial charge in [-0.25, -0.2) is 0 Å². The molecule has 4 rings (SSSR count). The summed E-state index contributed by atoms with van der Waals surface area (Å²) >= 11 is 9.82. The molecule has 150 valence electrons. The normalized spacial score (nSPS) is 16.6. The third kappa shape index (κ3) is 4.62. The number of H-pyrrole nitrogens is 1. The van der Waals surface area contributed by atoms with Crippen molar-refractivity contribution in [3.8, 4) is 0 Å². The van der Waals surface area contributed by atoms with Crippen LogP contribution in [0.1, 0.15) is 31.0 Å². The van der Waals surface area contributed by atoms with Crippen LogP contribution in [0.2, 0.25) is 0 Å². The average Bonchev–Trinajstić information content (AvgIpc) is 3.05. The lowest BCUT2D eigenvalue weighted by Crippen LogP contribution is -2.17. The van der Waals surface area contributed by atoms with E-state index in [-0.39, 0.29) is 0 Å². The fourth-order valence-corrected chi connectivity index (χ4v) is 4.87. The Balaban J connectivity index is 1.64. The van der Waals surface area contributed by atoms with Gasteiger partial charge in [0.25, 0.3) is 0 Å². The summed E-state index contributed by atoms with van der Waals surface area (Å²) in [7, 11) is 2.19. The molecule has 0 amide bonds. The van der Waals surface area contributed by atoms with Crippen molar-refractivity contribution in [3.63, 3.8) is 0 Å². The zero-order chi connectivity index (χ0) is 20.4. The number of aromatic nitrogens is 1. The lowest BCUT2D eigenvalue weighted by molar-refractivity contribution is 0.638. The molecule has 1 atom stereocenters. The summed E-state index contributed by atoms with van der Waals surface area (Å²) in [6.45, 7) is 3.15. The highest BCUT2D eigenvalue weighted by atomic mass is 79.9. The Labute approximate surface area is 186 Å². The van der Waals surface area contributed by atoms with Gasteiger partial charge in [0.05, 0.1) is 5.69 Å². The van der Waals surface area contributed by atoms with E-state index in [1.165, 1.54) is 33.4 Å². The van der Waals surface area contributed by atoms with Gasteiger partial charge in [0.1, 0.15) is 0 Å². The molecule has 4 heteroatoms. The molecular weight excluding hydrogens is 444 g/mol. The van der Waals surface area contributed by atoms with Gasteiger partial charge in [-0.1, -0.05) is 76.4 Å². The van der Waals surface area contributed by atoms with Crippen molar-refractivity contribution in [2.45, 2.75) is 32.7 Å².